The summed E-state index contributed by atoms with van der Waals surface area (Å²) in [5.41, 5.74) is 0.604. The molecular weight excluding hydrogens is 340 g/mol. The summed E-state index contributed by atoms with van der Waals surface area (Å²) in [6.45, 7) is 1.71. The quantitative estimate of drug-likeness (QED) is 0.833. The van der Waals surface area contributed by atoms with Crippen LogP contribution in [0.1, 0.15) is 13.3 Å². The van der Waals surface area contributed by atoms with Crippen LogP contribution in [-0.2, 0) is 10.0 Å². The molecule has 1 heterocycles. The van der Waals surface area contributed by atoms with Crippen molar-refractivity contribution in [2.24, 2.45) is 0 Å². The average Bonchev–Trinajstić information content (AvgIpc) is 2.82. The molecule has 0 saturated heterocycles. The second-order valence-corrected chi connectivity index (χ2v) is 8.14. The van der Waals surface area contributed by atoms with Gasteiger partial charge in [0.2, 0.25) is 0 Å². The van der Waals surface area contributed by atoms with Crippen LogP contribution in [0.15, 0.2) is 53.2 Å². The molecule has 104 valence electrons. The summed E-state index contributed by atoms with van der Waals surface area (Å²) in [6, 6.07) is 7.29. The molecule has 1 aliphatic rings. The van der Waals surface area contributed by atoms with Crippen molar-refractivity contribution in [3.05, 3.63) is 53.2 Å². The molecule has 0 fully saturated rings. The number of fused-ring (bicyclic) bond motifs is 1. The Hall–Kier alpha value is -1.40. The molecule has 1 aromatic heterocycles. The van der Waals surface area contributed by atoms with Crippen LogP contribution in [0.2, 0.25) is 0 Å². The van der Waals surface area contributed by atoms with E-state index in [4.69, 9.17) is 0 Å². The van der Waals surface area contributed by atoms with E-state index in [0.29, 0.717) is 11.9 Å². The molecule has 6 heteroatoms. The molecule has 0 spiro atoms. The summed E-state index contributed by atoms with van der Waals surface area (Å²) in [4.78, 5) is 0. The second kappa shape index (κ2) is 4.56. The first-order chi connectivity index (χ1) is 9.44. The van der Waals surface area contributed by atoms with Gasteiger partial charge < -0.3 is 0 Å². The van der Waals surface area contributed by atoms with Gasteiger partial charge in [0.1, 0.15) is 4.75 Å². The smallest absolute Gasteiger partial charge is 0.204 e. The molecule has 0 amide bonds. The Morgan fingerprint density at radius 2 is 2.10 bits per heavy atom. The summed E-state index contributed by atoms with van der Waals surface area (Å²) in [5, 5.41) is 4.89. The van der Waals surface area contributed by atoms with Crippen molar-refractivity contribution in [1.29, 1.82) is 0 Å². The maximum Gasteiger partial charge on any atom is 0.263 e. The molecular formula is C14H13BrN2O2S. The summed E-state index contributed by atoms with van der Waals surface area (Å²) in [6.07, 6.45) is 7.44. The molecule has 4 nitrogen and oxygen atoms in total. The fourth-order valence-electron chi connectivity index (χ4n) is 2.32. The number of hydrogen-bond acceptors (Lipinski definition) is 3. The van der Waals surface area contributed by atoms with Crippen LogP contribution in [0.25, 0.3) is 10.9 Å². The number of halogens is 1. The lowest BCUT2D eigenvalue weighted by Crippen LogP contribution is -2.38. The fraction of sp³-hybridized carbons (Fsp3) is 0.214. The number of aromatic nitrogens is 2. The van der Waals surface area contributed by atoms with Gasteiger partial charge in [-0.05, 0) is 25.5 Å². The van der Waals surface area contributed by atoms with Crippen LogP contribution in [-0.4, -0.2) is 22.4 Å². The fourth-order valence-corrected chi connectivity index (χ4v) is 4.74. The van der Waals surface area contributed by atoms with Crippen LogP contribution >= 0.6 is 15.9 Å². The molecule has 1 unspecified atom stereocenters. The largest absolute Gasteiger partial charge is 0.263 e. The van der Waals surface area contributed by atoms with Crippen molar-refractivity contribution in [1.82, 2.24) is 9.19 Å². The first-order valence-corrected chi connectivity index (χ1v) is 8.40. The number of hydrogen-bond donors (Lipinski definition) is 0. The van der Waals surface area contributed by atoms with E-state index in [2.05, 4.69) is 21.0 Å². The Morgan fingerprint density at radius 3 is 2.85 bits per heavy atom. The molecule has 0 N–H and O–H groups in total. The van der Waals surface area contributed by atoms with Gasteiger partial charge in [0, 0.05) is 9.87 Å². The van der Waals surface area contributed by atoms with E-state index in [0.717, 1.165) is 14.0 Å². The summed E-state index contributed by atoms with van der Waals surface area (Å²) < 4.78 is 26.8. The maximum absolute atomic E-state index is 12.9. The van der Waals surface area contributed by atoms with Gasteiger partial charge in [-0.15, -0.1) is 0 Å². The number of allylic oxidation sites excluding steroid dienone is 3. The topological polar surface area (TPSA) is 52.0 Å². The Morgan fingerprint density at radius 1 is 1.35 bits per heavy atom. The highest BCUT2D eigenvalue weighted by Crippen LogP contribution is 2.33. The first kappa shape index (κ1) is 13.6. The summed E-state index contributed by atoms with van der Waals surface area (Å²) >= 11 is 3.35. The minimum Gasteiger partial charge on any atom is -0.204 e. The van der Waals surface area contributed by atoms with Crippen molar-refractivity contribution in [3.63, 3.8) is 0 Å². The van der Waals surface area contributed by atoms with E-state index in [9.17, 15) is 8.42 Å². The molecule has 3 rings (SSSR count). The maximum atomic E-state index is 12.9. The van der Waals surface area contributed by atoms with E-state index in [1.54, 1.807) is 25.3 Å². The lowest BCUT2D eigenvalue weighted by atomic mass is 10.0. The Balaban J connectivity index is 2.20. The van der Waals surface area contributed by atoms with Gasteiger partial charge in [-0.1, -0.05) is 46.3 Å². The lowest BCUT2D eigenvalue weighted by molar-refractivity contribution is 0.548. The van der Waals surface area contributed by atoms with Gasteiger partial charge in [0.15, 0.2) is 0 Å². The Kier molecular flexibility index (Phi) is 3.10. The van der Waals surface area contributed by atoms with Gasteiger partial charge in [0.25, 0.3) is 10.0 Å². The lowest BCUT2D eigenvalue weighted by Gasteiger charge is -2.27. The van der Waals surface area contributed by atoms with Crippen molar-refractivity contribution in [2.75, 3.05) is 0 Å². The van der Waals surface area contributed by atoms with E-state index in [-0.39, 0.29) is 0 Å². The van der Waals surface area contributed by atoms with Gasteiger partial charge in [-0.2, -0.15) is 9.19 Å². The molecule has 0 bridgehead atoms. The third kappa shape index (κ3) is 1.94. The minimum absolute atomic E-state index is 0.429. The zero-order chi connectivity index (χ0) is 14.4. The number of benzene rings is 1. The Labute approximate surface area is 126 Å². The Bertz CT molecular complexity index is 836. The highest BCUT2D eigenvalue weighted by atomic mass is 79.9. The number of nitrogens with zero attached hydrogens (tertiary/aromatic N) is 2. The molecule has 1 aliphatic carbocycles. The van der Waals surface area contributed by atoms with Crippen molar-refractivity contribution in [3.8, 4) is 0 Å². The van der Waals surface area contributed by atoms with Crippen LogP contribution < -0.4 is 0 Å². The van der Waals surface area contributed by atoms with Crippen LogP contribution in [0.3, 0.4) is 0 Å². The van der Waals surface area contributed by atoms with E-state index in [1.807, 2.05) is 30.4 Å². The molecule has 20 heavy (non-hydrogen) atoms. The molecule has 1 aromatic carbocycles. The molecule has 0 saturated carbocycles. The number of para-hydroxylation sites is 1. The van der Waals surface area contributed by atoms with E-state index >= 15 is 0 Å². The van der Waals surface area contributed by atoms with Crippen LogP contribution in [0.5, 0.6) is 0 Å². The SMILES string of the molecule is CC1(S(=O)(=O)n2ncc3ccccc32)C=C(Br)C=CC1. The predicted octanol–water partition coefficient (Wildman–Crippen LogP) is 3.21. The zero-order valence-corrected chi connectivity index (χ0v) is 13.2. The third-order valence-electron chi connectivity index (χ3n) is 3.50. The van der Waals surface area contributed by atoms with E-state index in [1.165, 1.54) is 0 Å². The van der Waals surface area contributed by atoms with Crippen molar-refractivity contribution in [2.45, 2.75) is 18.1 Å². The van der Waals surface area contributed by atoms with Crippen LogP contribution in [0.4, 0.5) is 0 Å². The second-order valence-electron chi connectivity index (χ2n) is 5.00. The first-order valence-electron chi connectivity index (χ1n) is 6.17. The monoisotopic (exact) mass is 352 g/mol. The molecule has 0 aliphatic heterocycles. The third-order valence-corrected chi connectivity index (χ3v) is 6.21. The predicted molar refractivity (Wildman–Crippen MR) is 83.2 cm³/mol. The normalized spacial score (nSPS) is 23.0. The highest BCUT2D eigenvalue weighted by Gasteiger charge is 2.40. The average molecular weight is 353 g/mol. The number of rotatable bonds is 2. The molecule has 0 radical (unpaired) electrons. The van der Waals surface area contributed by atoms with E-state index < -0.39 is 14.8 Å². The summed E-state index contributed by atoms with van der Waals surface area (Å²) in [5.74, 6) is 0. The zero-order valence-electron chi connectivity index (χ0n) is 10.8. The van der Waals surface area contributed by atoms with Gasteiger partial charge in [-0.3, -0.25) is 0 Å². The highest BCUT2D eigenvalue weighted by molar-refractivity contribution is 9.11. The summed E-state index contributed by atoms with van der Waals surface area (Å²) in [7, 11) is -3.63. The minimum atomic E-state index is -3.63. The van der Waals surface area contributed by atoms with Gasteiger partial charge >= 0.3 is 0 Å². The van der Waals surface area contributed by atoms with Crippen molar-refractivity contribution < 1.29 is 8.42 Å². The molecule has 1 atom stereocenters. The van der Waals surface area contributed by atoms with Gasteiger partial charge in [0.05, 0.1) is 11.7 Å². The standard InChI is InChI=1S/C14H13BrN2O2S/c1-14(8-4-6-12(15)9-14)20(18,19)17-13-7-3-2-5-11(13)10-16-17/h2-7,9-10H,8H2,1H3. The van der Waals surface area contributed by atoms with Gasteiger partial charge in [-0.25, -0.2) is 8.42 Å². The molecule has 2 aromatic rings. The van der Waals surface area contributed by atoms with Crippen molar-refractivity contribution >= 4 is 36.9 Å². The van der Waals surface area contributed by atoms with Crippen LogP contribution in [0, 0.1) is 0 Å².